The predicted octanol–water partition coefficient (Wildman–Crippen LogP) is 1.94. The van der Waals surface area contributed by atoms with Gasteiger partial charge in [-0.25, -0.2) is 0 Å². The van der Waals surface area contributed by atoms with Crippen LogP contribution in [0.2, 0.25) is 0 Å². The summed E-state index contributed by atoms with van der Waals surface area (Å²) in [5.74, 6) is 0.805. The van der Waals surface area contributed by atoms with Crippen LogP contribution < -0.4 is 5.32 Å². The molecule has 1 aliphatic carbocycles. The minimum Gasteiger partial charge on any atom is -0.315 e. The third kappa shape index (κ3) is 3.55. The Morgan fingerprint density at radius 2 is 1.88 bits per heavy atom. The van der Waals surface area contributed by atoms with Gasteiger partial charge < -0.3 is 10.2 Å². The van der Waals surface area contributed by atoms with E-state index in [1.165, 1.54) is 12.8 Å². The summed E-state index contributed by atoms with van der Waals surface area (Å²) in [4.78, 5) is 2.34. The maximum atomic E-state index is 3.59. The molecule has 0 aromatic heterocycles. The van der Waals surface area contributed by atoms with Gasteiger partial charge in [0.05, 0.1) is 0 Å². The average Bonchev–Trinajstić information content (AvgIpc) is 2.76. The fourth-order valence-corrected chi connectivity index (χ4v) is 2.53. The van der Waals surface area contributed by atoms with Gasteiger partial charge in [-0.3, -0.25) is 0 Å². The quantitative estimate of drug-likeness (QED) is 0.754. The maximum Gasteiger partial charge on any atom is 0.0104 e. The van der Waals surface area contributed by atoms with E-state index in [4.69, 9.17) is 0 Å². The Bertz CT molecular complexity index is 324. The first-order chi connectivity index (χ1) is 8.29. The van der Waals surface area contributed by atoms with Crippen molar-refractivity contribution in [1.29, 1.82) is 0 Å². The molecule has 0 fully saturated rings. The van der Waals surface area contributed by atoms with Crippen molar-refractivity contribution >= 4 is 0 Å². The number of rotatable bonds is 6. The Morgan fingerprint density at radius 3 is 2.47 bits per heavy atom. The lowest BCUT2D eigenvalue weighted by molar-refractivity contribution is 0.343. The van der Waals surface area contributed by atoms with Crippen molar-refractivity contribution in [2.45, 2.75) is 19.8 Å². The molecule has 0 aliphatic heterocycles. The standard InChI is InChI=1S/C15H24N2/c1-3-17(2)9-8-16-12-13-10-14-6-4-5-7-15(14)11-13/h4-7,13,16H,3,8-12H2,1-2H3. The second kappa shape index (κ2) is 6.18. The second-order valence-corrected chi connectivity index (χ2v) is 5.14. The van der Waals surface area contributed by atoms with E-state index in [0.717, 1.165) is 32.1 Å². The number of benzene rings is 1. The largest absolute Gasteiger partial charge is 0.315 e. The van der Waals surface area contributed by atoms with E-state index in [9.17, 15) is 0 Å². The first-order valence-electron chi connectivity index (χ1n) is 6.75. The lowest BCUT2D eigenvalue weighted by Crippen LogP contribution is -2.32. The molecule has 1 aromatic carbocycles. The first-order valence-corrected chi connectivity index (χ1v) is 6.75. The SMILES string of the molecule is CCN(C)CCNCC1Cc2ccccc2C1. The molecule has 1 aromatic rings. The van der Waals surface area contributed by atoms with Crippen LogP contribution in [0.1, 0.15) is 18.1 Å². The molecular formula is C15H24N2. The van der Waals surface area contributed by atoms with Crippen molar-refractivity contribution in [3.05, 3.63) is 35.4 Å². The van der Waals surface area contributed by atoms with Crippen LogP contribution in [0.4, 0.5) is 0 Å². The molecule has 0 unspecified atom stereocenters. The molecule has 2 rings (SSSR count). The summed E-state index contributed by atoms with van der Waals surface area (Å²) in [5, 5.41) is 3.59. The van der Waals surface area contributed by atoms with E-state index in [1.807, 2.05) is 0 Å². The maximum absolute atomic E-state index is 3.59. The Labute approximate surface area is 105 Å². The lowest BCUT2D eigenvalue weighted by atomic mass is 10.1. The molecule has 0 saturated heterocycles. The van der Waals surface area contributed by atoms with Crippen LogP contribution in [0, 0.1) is 5.92 Å². The van der Waals surface area contributed by atoms with Gasteiger partial charge in [-0.15, -0.1) is 0 Å². The molecule has 94 valence electrons. The summed E-state index contributed by atoms with van der Waals surface area (Å²) in [6.07, 6.45) is 2.51. The molecule has 1 N–H and O–H groups in total. The number of nitrogens with zero attached hydrogens (tertiary/aromatic N) is 1. The van der Waals surface area contributed by atoms with Gasteiger partial charge in [0.15, 0.2) is 0 Å². The van der Waals surface area contributed by atoms with Gasteiger partial charge in [-0.1, -0.05) is 31.2 Å². The highest BCUT2D eigenvalue weighted by atomic mass is 15.1. The van der Waals surface area contributed by atoms with Gasteiger partial charge in [0.2, 0.25) is 0 Å². The van der Waals surface area contributed by atoms with Crippen molar-refractivity contribution in [3.8, 4) is 0 Å². The smallest absolute Gasteiger partial charge is 0.0104 e. The summed E-state index contributed by atoms with van der Waals surface area (Å²) in [5.41, 5.74) is 3.12. The molecule has 0 heterocycles. The number of fused-ring (bicyclic) bond motifs is 1. The number of likely N-dealkylation sites (N-methyl/N-ethyl adjacent to an activating group) is 1. The van der Waals surface area contributed by atoms with E-state index in [-0.39, 0.29) is 0 Å². The van der Waals surface area contributed by atoms with Gasteiger partial charge in [0.25, 0.3) is 0 Å². The molecule has 0 spiro atoms. The third-order valence-corrected chi connectivity index (χ3v) is 3.78. The summed E-state index contributed by atoms with van der Waals surface area (Å²) in [6, 6.07) is 8.87. The van der Waals surface area contributed by atoms with Crippen molar-refractivity contribution in [2.75, 3.05) is 33.2 Å². The minimum absolute atomic E-state index is 0.805. The van der Waals surface area contributed by atoms with Crippen LogP contribution >= 0.6 is 0 Å². The highest BCUT2D eigenvalue weighted by molar-refractivity contribution is 5.32. The van der Waals surface area contributed by atoms with Crippen LogP contribution in [0.5, 0.6) is 0 Å². The molecule has 17 heavy (non-hydrogen) atoms. The fraction of sp³-hybridized carbons (Fsp3) is 0.600. The number of hydrogen-bond donors (Lipinski definition) is 1. The van der Waals surface area contributed by atoms with Gasteiger partial charge in [0, 0.05) is 13.1 Å². The van der Waals surface area contributed by atoms with Crippen molar-refractivity contribution < 1.29 is 0 Å². The summed E-state index contributed by atoms with van der Waals surface area (Å²) in [6.45, 7) is 6.75. The molecule has 0 atom stereocenters. The summed E-state index contributed by atoms with van der Waals surface area (Å²) in [7, 11) is 2.17. The molecule has 1 aliphatic rings. The summed E-state index contributed by atoms with van der Waals surface area (Å²) >= 11 is 0. The molecule has 2 nitrogen and oxygen atoms in total. The first kappa shape index (κ1) is 12.6. The van der Waals surface area contributed by atoms with Crippen LogP contribution in [0.25, 0.3) is 0 Å². The van der Waals surface area contributed by atoms with E-state index >= 15 is 0 Å². The topological polar surface area (TPSA) is 15.3 Å². The number of nitrogens with one attached hydrogen (secondary N) is 1. The molecule has 0 saturated carbocycles. The fourth-order valence-electron chi connectivity index (χ4n) is 2.53. The lowest BCUT2D eigenvalue weighted by Gasteiger charge is -2.15. The van der Waals surface area contributed by atoms with Gasteiger partial charge in [-0.05, 0) is 50.0 Å². The van der Waals surface area contributed by atoms with E-state index in [1.54, 1.807) is 11.1 Å². The van der Waals surface area contributed by atoms with Gasteiger partial charge >= 0.3 is 0 Å². The second-order valence-electron chi connectivity index (χ2n) is 5.14. The minimum atomic E-state index is 0.805. The zero-order valence-corrected chi connectivity index (χ0v) is 11.1. The van der Waals surface area contributed by atoms with Gasteiger partial charge in [0.1, 0.15) is 0 Å². The van der Waals surface area contributed by atoms with Crippen molar-refractivity contribution in [1.82, 2.24) is 10.2 Å². The highest BCUT2D eigenvalue weighted by Crippen LogP contribution is 2.25. The van der Waals surface area contributed by atoms with Crippen LogP contribution in [-0.2, 0) is 12.8 Å². The van der Waals surface area contributed by atoms with Crippen molar-refractivity contribution in [3.63, 3.8) is 0 Å². The zero-order chi connectivity index (χ0) is 12.1. The molecular weight excluding hydrogens is 208 g/mol. The molecule has 2 heteroatoms. The Kier molecular flexibility index (Phi) is 4.57. The van der Waals surface area contributed by atoms with Crippen LogP contribution in [0.15, 0.2) is 24.3 Å². The van der Waals surface area contributed by atoms with E-state index in [2.05, 4.69) is 48.5 Å². The molecule has 0 amide bonds. The monoisotopic (exact) mass is 232 g/mol. The van der Waals surface area contributed by atoms with Crippen LogP contribution in [0.3, 0.4) is 0 Å². The zero-order valence-electron chi connectivity index (χ0n) is 11.1. The Balaban J connectivity index is 1.67. The number of hydrogen-bond acceptors (Lipinski definition) is 2. The Hall–Kier alpha value is -0.860. The molecule has 0 radical (unpaired) electrons. The van der Waals surface area contributed by atoms with E-state index in [0.29, 0.717) is 0 Å². The van der Waals surface area contributed by atoms with Crippen LogP contribution in [-0.4, -0.2) is 38.1 Å². The molecule has 0 bridgehead atoms. The Morgan fingerprint density at radius 1 is 1.24 bits per heavy atom. The van der Waals surface area contributed by atoms with Gasteiger partial charge in [-0.2, -0.15) is 0 Å². The average molecular weight is 232 g/mol. The normalized spacial score (nSPS) is 15.5. The van der Waals surface area contributed by atoms with Crippen molar-refractivity contribution in [2.24, 2.45) is 5.92 Å². The highest BCUT2D eigenvalue weighted by Gasteiger charge is 2.19. The predicted molar refractivity (Wildman–Crippen MR) is 73.4 cm³/mol. The van der Waals surface area contributed by atoms with E-state index < -0.39 is 0 Å². The summed E-state index contributed by atoms with van der Waals surface area (Å²) < 4.78 is 0. The third-order valence-electron chi connectivity index (χ3n) is 3.78.